The van der Waals surface area contributed by atoms with Crippen LogP contribution in [0.5, 0.6) is 5.75 Å². The second-order valence-corrected chi connectivity index (χ2v) is 7.96. The minimum Gasteiger partial charge on any atom is -0.497 e. The van der Waals surface area contributed by atoms with Crippen LogP contribution in [0.25, 0.3) is 0 Å². The van der Waals surface area contributed by atoms with E-state index in [-0.39, 0.29) is 5.91 Å². The summed E-state index contributed by atoms with van der Waals surface area (Å²) in [6, 6.07) is 15.2. The van der Waals surface area contributed by atoms with Crippen LogP contribution in [0.2, 0.25) is 0 Å². The Balaban J connectivity index is 1.59. The fraction of sp³-hybridized carbons (Fsp3) is 0.118. The Bertz CT molecular complexity index is 868. The first-order valence-electron chi connectivity index (χ1n) is 7.30. The number of thioether (sulfide) groups is 1. The molecule has 0 saturated heterocycles. The fourth-order valence-electron chi connectivity index (χ4n) is 1.96. The van der Waals surface area contributed by atoms with E-state index >= 15 is 0 Å². The van der Waals surface area contributed by atoms with E-state index < -0.39 is 0 Å². The Morgan fingerprint density at radius 1 is 1.24 bits per heavy atom. The zero-order chi connectivity index (χ0) is 17.6. The molecule has 0 bridgehead atoms. The van der Waals surface area contributed by atoms with Gasteiger partial charge < -0.3 is 10.1 Å². The molecular formula is C17H14BrN3O2S2. The molecule has 0 aliphatic rings. The maximum absolute atomic E-state index is 12.3. The average molecular weight is 436 g/mol. The number of nitrogens with one attached hydrogen (secondary N) is 1. The number of halogens is 1. The van der Waals surface area contributed by atoms with Gasteiger partial charge in [0.05, 0.1) is 12.9 Å². The van der Waals surface area contributed by atoms with E-state index in [0.29, 0.717) is 16.4 Å². The SMILES string of the molecule is COc1ccc(NC(=O)c2nnc(CSc3cccc(Br)c3)s2)cc1. The van der Waals surface area contributed by atoms with Crippen molar-refractivity contribution in [1.29, 1.82) is 0 Å². The molecule has 3 aromatic rings. The van der Waals surface area contributed by atoms with Crippen LogP contribution in [0.4, 0.5) is 5.69 Å². The quantitative estimate of drug-likeness (QED) is 0.560. The maximum atomic E-state index is 12.3. The molecule has 8 heteroatoms. The largest absolute Gasteiger partial charge is 0.497 e. The van der Waals surface area contributed by atoms with Gasteiger partial charge in [-0.2, -0.15) is 0 Å². The number of hydrogen-bond acceptors (Lipinski definition) is 6. The number of anilines is 1. The van der Waals surface area contributed by atoms with Crippen LogP contribution in [-0.4, -0.2) is 23.2 Å². The van der Waals surface area contributed by atoms with E-state index in [1.54, 1.807) is 43.1 Å². The van der Waals surface area contributed by atoms with E-state index in [0.717, 1.165) is 20.1 Å². The van der Waals surface area contributed by atoms with Crippen molar-refractivity contribution in [3.05, 3.63) is 63.0 Å². The molecule has 0 aliphatic heterocycles. The number of aromatic nitrogens is 2. The minimum atomic E-state index is -0.263. The van der Waals surface area contributed by atoms with Crippen LogP contribution in [0.1, 0.15) is 14.8 Å². The lowest BCUT2D eigenvalue weighted by Crippen LogP contribution is -2.11. The van der Waals surface area contributed by atoms with Gasteiger partial charge >= 0.3 is 0 Å². The van der Waals surface area contributed by atoms with Gasteiger partial charge in [-0.15, -0.1) is 22.0 Å². The number of carbonyl (C=O) groups is 1. The zero-order valence-corrected chi connectivity index (χ0v) is 16.5. The Morgan fingerprint density at radius 3 is 2.76 bits per heavy atom. The van der Waals surface area contributed by atoms with Gasteiger partial charge in [0.25, 0.3) is 5.91 Å². The summed E-state index contributed by atoms with van der Waals surface area (Å²) in [6.45, 7) is 0. The Kier molecular flexibility index (Phi) is 6.06. The number of methoxy groups -OCH3 is 1. The molecule has 0 unspecified atom stereocenters. The molecule has 3 rings (SSSR count). The van der Waals surface area contributed by atoms with Crippen molar-refractivity contribution < 1.29 is 9.53 Å². The number of amides is 1. The van der Waals surface area contributed by atoms with Gasteiger partial charge in [0, 0.05) is 15.1 Å². The zero-order valence-electron chi connectivity index (χ0n) is 13.2. The summed E-state index contributed by atoms with van der Waals surface area (Å²) in [6.07, 6.45) is 0. The van der Waals surface area contributed by atoms with Crippen molar-refractivity contribution in [2.45, 2.75) is 10.6 Å². The molecule has 5 nitrogen and oxygen atoms in total. The highest BCUT2D eigenvalue weighted by atomic mass is 79.9. The fourth-order valence-corrected chi connectivity index (χ4v) is 4.19. The summed E-state index contributed by atoms with van der Waals surface area (Å²) < 4.78 is 6.13. The van der Waals surface area contributed by atoms with Gasteiger partial charge in [-0.05, 0) is 42.5 Å². The summed E-state index contributed by atoms with van der Waals surface area (Å²) >= 11 is 6.41. The summed E-state index contributed by atoms with van der Waals surface area (Å²) in [5, 5.41) is 12.0. The monoisotopic (exact) mass is 435 g/mol. The first kappa shape index (κ1) is 17.9. The lowest BCUT2D eigenvalue weighted by atomic mass is 10.3. The van der Waals surface area contributed by atoms with Gasteiger partial charge in [0.2, 0.25) is 5.01 Å². The van der Waals surface area contributed by atoms with Crippen molar-refractivity contribution in [3.63, 3.8) is 0 Å². The van der Waals surface area contributed by atoms with Crippen LogP contribution in [-0.2, 0) is 5.75 Å². The third-order valence-electron chi connectivity index (χ3n) is 3.17. The normalized spacial score (nSPS) is 10.5. The predicted octanol–water partition coefficient (Wildman–Crippen LogP) is 4.85. The molecule has 0 spiro atoms. The molecule has 0 atom stereocenters. The highest BCUT2D eigenvalue weighted by molar-refractivity contribution is 9.10. The van der Waals surface area contributed by atoms with Crippen molar-refractivity contribution in [1.82, 2.24) is 10.2 Å². The second kappa shape index (κ2) is 8.46. The molecule has 1 N–H and O–H groups in total. The van der Waals surface area contributed by atoms with E-state index in [1.807, 2.05) is 24.3 Å². The third kappa shape index (κ3) is 5.04. The maximum Gasteiger partial charge on any atom is 0.286 e. The average Bonchev–Trinajstić information content (AvgIpc) is 3.10. The summed E-state index contributed by atoms with van der Waals surface area (Å²) in [7, 11) is 1.60. The minimum absolute atomic E-state index is 0.263. The molecule has 1 amide bonds. The van der Waals surface area contributed by atoms with Crippen molar-refractivity contribution in [2.24, 2.45) is 0 Å². The molecule has 0 aliphatic carbocycles. The summed E-state index contributed by atoms with van der Waals surface area (Å²) in [5.74, 6) is 1.14. The molecule has 1 aromatic heterocycles. The smallest absolute Gasteiger partial charge is 0.286 e. The Morgan fingerprint density at radius 2 is 2.04 bits per heavy atom. The first-order chi connectivity index (χ1) is 12.1. The summed E-state index contributed by atoms with van der Waals surface area (Å²) in [4.78, 5) is 13.4. The van der Waals surface area contributed by atoms with Crippen LogP contribution >= 0.6 is 39.0 Å². The number of hydrogen-bond donors (Lipinski definition) is 1. The number of benzene rings is 2. The molecule has 0 saturated carbocycles. The van der Waals surface area contributed by atoms with Crippen molar-refractivity contribution in [2.75, 3.05) is 12.4 Å². The van der Waals surface area contributed by atoms with Crippen LogP contribution < -0.4 is 10.1 Å². The number of carbonyl (C=O) groups excluding carboxylic acids is 1. The van der Waals surface area contributed by atoms with Gasteiger partial charge in [0.15, 0.2) is 0 Å². The number of rotatable bonds is 6. The van der Waals surface area contributed by atoms with Gasteiger partial charge in [-0.1, -0.05) is 33.3 Å². The van der Waals surface area contributed by atoms with Crippen molar-refractivity contribution >= 4 is 50.6 Å². The van der Waals surface area contributed by atoms with Crippen LogP contribution in [0.3, 0.4) is 0 Å². The topological polar surface area (TPSA) is 64.1 Å². The third-order valence-corrected chi connectivity index (χ3v) is 5.77. The predicted molar refractivity (Wildman–Crippen MR) is 105 cm³/mol. The van der Waals surface area contributed by atoms with E-state index in [2.05, 4.69) is 31.4 Å². The molecule has 1 heterocycles. The lowest BCUT2D eigenvalue weighted by Gasteiger charge is -2.04. The molecule has 0 radical (unpaired) electrons. The van der Waals surface area contributed by atoms with Gasteiger partial charge in [-0.25, -0.2) is 0 Å². The molecule has 2 aromatic carbocycles. The van der Waals surface area contributed by atoms with E-state index in [9.17, 15) is 4.79 Å². The lowest BCUT2D eigenvalue weighted by molar-refractivity contribution is 0.102. The van der Waals surface area contributed by atoms with Crippen LogP contribution in [0.15, 0.2) is 57.9 Å². The van der Waals surface area contributed by atoms with Gasteiger partial charge in [0.1, 0.15) is 10.8 Å². The Hall–Kier alpha value is -1.90. The second-order valence-electron chi connectivity index (χ2n) is 4.93. The van der Waals surface area contributed by atoms with E-state index in [1.165, 1.54) is 11.3 Å². The van der Waals surface area contributed by atoms with Crippen molar-refractivity contribution in [3.8, 4) is 5.75 Å². The standard InChI is InChI=1S/C17H14BrN3O2S2/c1-23-13-7-5-12(6-8-13)19-16(22)17-21-20-15(25-17)10-24-14-4-2-3-11(18)9-14/h2-9H,10H2,1H3,(H,19,22). The summed E-state index contributed by atoms with van der Waals surface area (Å²) in [5.41, 5.74) is 0.686. The number of nitrogens with zero attached hydrogens (tertiary/aromatic N) is 2. The Labute approximate surface area is 162 Å². The molecule has 128 valence electrons. The molecule has 0 fully saturated rings. The number of ether oxygens (including phenoxy) is 1. The first-order valence-corrected chi connectivity index (χ1v) is 9.90. The van der Waals surface area contributed by atoms with E-state index in [4.69, 9.17) is 4.74 Å². The molecular weight excluding hydrogens is 422 g/mol. The van der Waals surface area contributed by atoms with Gasteiger partial charge in [-0.3, -0.25) is 4.79 Å². The highest BCUT2D eigenvalue weighted by Crippen LogP contribution is 2.26. The van der Waals surface area contributed by atoms with Crippen LogP contribution in [0, 0.1) is 0 Å². The molecule has 25 heavy (non-hydrogen) atoms. The highest BCUT2D eigenvalue weighted by Gasteiger charge is 2.13.